The van der Waals surface area contributed by atoms with Gasteiger partial charge in [0.25, 0.3) is 11.1 Å². The quantitative estimate of drug-likeness (QED) is 0.120. The van der Waals surface area contributed by atoms with Gasteiger partial charge in [-0.25, -0.2) is 20.1 Å². The number of rotatable bonds is 3. The van der Waals surface area contributed by atoms with Gasteiger partial charge in [-0.15, -0.1) is 5.10 Å². The molecule has 0 fully saturated rings. The lowest BCUT2D eigenvalue weighted by Crippen LogP contribution is -2.46. The van der Waals surface area contributed by atoms with E-state index in [2.05, 4.69) is 57.9 Å². The molecule has 0 saturated heterocycles. The summed E-state index contributed by atoms with van der Waals surface area (Å²) in [6.07, 6.45) is 3.26. The van der Waals surface area contributed by atoms with Crippen LogP contribution in [0.3, 0.4) is 0 Å². The number of pyridine rings is 2. The van der Waals surface area contributed by atoms with E-state index in [0.29, 0.717) is 10.2 Å². The van der Waals surface area contributed by atoms with Crippen LogP contribution in [0.2, 0.25) is 0 Å². The van der Waals surface area contributed by atoms with E-state index in [9.17, 15) is 19.2 Å². The molecule has 3 aromatic heterocycles. The number of hydrogen-bond acceptors (Lipinski definition) is 8. The Morgan fingerprint density at radius 2 is 1.57 bits per heavy atom. The predicted octanol–water partition coefficient (Wildman–Crippen LogP) is 0.673. The summed E-state index contributed by atoms with van der Waals surface area (Å²) in [5, 5.41) is 12.4. The Balaban J connectivity index is 0.000000247. The SMILES string of the molecule is CN(N)C(=O)NC(=S)Nc1cc(Br)cn(C)c1=O.Cn1cc(Br)cc(Nc2nn(C)c(=O)[nH]2)c1=O. The van der Waals surface area contributed by atoms with Gasteiger partial charge in [-0.3, -0.25) is 24.9 Å². The average molecular weight is 634 g/mol. The van der Waals surface area contributed by atoms with Crippen LogP contribution >= 0.6 is 44.1 Å². The second kappa shape index (κ2) is 11.9. The monoisotopic (exact) mass is 632 g/mol. The van der Waals surface area contributed by atoms with Gasteiger partial charge in [-0.2, -0.15) is 0 Å². The number of nitrogens with two attached hydrogens (primary N) is 1. The van der Waals surface area contributed by atoms with Crippen LogP contribution in [0, 0.1) is 0 Å². The molecule has 0 saturated carbocycles. The van der Waals surface area contributed by atoms with Gasteiger partial charge < -0.3 is 19.8 Å². The molecule has 0 aliphatic carbocycles. The van der Waals surface area contributed by atoms with E-state index in [4.69, 9.17) is 18.1 Å². The lowest BCUT2D eigenvalue weighted by Gasteiger charge is -2.13. The highest BCUT2D eigenvalue weighted by molar-refractivity contribution is 9.10. The minimum atomic E-state index is -0.584. The molecule has 35 heavy (non-hydrogen) atoms. The highest BCUT2D eigenvalue weighted by Gasteiger charge is 2.10. The summed E-state index contributed by atoms with van der Waals surface area (Å²) >= 11 is 11.4. The third kappa shape index (κ3) is 7.88. The fourth-order valence-electron chi connectivity index (χ4n) is 2.45. The molecule has 3 rings (SSSR count). The predicted molar refractivity (Wildman–Crippen MR) is 143 cm³/mol. The van der Waals surface area contributed by atoms with Crippen LogP contribution in [-0.2, 0) is 21.1 Å². The van der Waals surface area contributed by atoms with Crippen LogP contribution < -0.4 is 38.6 Å². The number of halogens is 2. The summed E-state index contributed by atoms with van der Waals surface area (Å²) in [5.74, 6) is 5.45. The fourth-order valence-corrected chi connectivity index (χ4v) is 3.71. The van der Waals surface area contributed by atoms with Crippen LogP contribution in [-0.4, -0.2) is 47.1 Å². The summed E-state index contributed by atoms with van der Waals surface area (Å²) in [7, 11) is 6.13. The largest absolute Gasteiger partial charge is 0.344 e. The lowest BCUT2D eigenvalue weighted by molar-refractivity contribution is 0.215. The molecule has 3 aromatic rings. The number of nitrogens with zero attached hydrogens (tertiary/aromatic N) is 5. The number of nitrogens with one attached hydrogen (secondary N) is 4. The van der Waals surface area contributed by atoms with Crippen molar-refractivity contribution in [2.45, 2.75) is 0 Å². The molecule has 17 heteroatoms. The molecule has 6 N–H and O–H groups in total. The van der Waals surface area contributed by atoms with Gasteiger partial charge in [0.05, 0.1) is 0 Å². The summed E-state index contributed by atoms with van der Waals surface area (Å²) in [6.45, 7) is 0. The van der Waals surface area contributed by atoms with Crippen molar-refractivity contribution in [1.29, 1.82) is 0 Å². The number of carbonyl (C=O) groups excluding carboxylic acids is 1. The van der Waals surface area contributed by atoms with Gasteiger partial charge in [0.2, 0.25) is 5.95 Å². The van der Waals surface area contributed by atoms with Gasteiger partial charge in [0.15, 0.2) is 5.11 Å². The number of H-pyrrole nitrogens is 1. The molecule has 0 atom stereocenters. The Bertz CT molecular complexity index is 1430. The first-order valence-electron chi connectivity index (χ1n) is 9.51. The number of aryl methyl sites for hydroxylation is 3. The number of aromatic nitrogens is 5. The lowest BCUT2D eigenvalue weighted by atomic mass is 10.4. The Hall–Kier alpha value is -3.28. The Morgan fingerprint density at radius 3 is 2.06 bits per heavy atom. The first kappa shape index (κ1) is 28.0. The molecular formula is C18H22Br2N10O4S. The first-order chi connectivity index (χ1) is 16.3. The van der Waals surface area contributed by atoms with Gasteiger partial charge in [0, 0.05) is 49.5 Å². The molecule has 14 nitrogen and oxygen atoms in total. The standard InChI is InChI=1S/C9H12BrN5O2S.C9H10BrN5O2/c1-14-4-5(10)3-6(7(14)16)12-8(18)13-9(17)15(2)11;1-14-4-5(10)3-6(7(14)16)11-8-12-9(17)15(2)13-8/h3-4H,11H2,1-2H3,(H2,12,13,17,18);3-4H,1-2H3,(H2,11,12,13,17). The number of amides is 2. The van der Waals surface area contributed by atoms with E-state index in [0.717, 1.165) is 14.2 Å². The normalized spacial score (nSPS) is 10.1. The molecule has 2 amide bonds. The zero-order valence-corrected chi connectivity index (χ0v) is 22.9. The molecule has 0 bridgehead atoms. The van der Waals surface area contributed by atoms with Gasteiger partial charge in [0.1, 0.15) is 11.4 Å². The maximum absolute atomic E-state index is 11.8. The highest BCUT2D eigenvalue weighted by atomic mass is 79.9. The number of hydrogen-bond donors (Lipinski definition) is 5. The number of aromatic amines is 1. The van der Waals surface area contributed by atoms with Crippen LogP contribution in [0.15, 0.2) is 47.9 Å². The molecule has 0 unspecified atom stereocenters. The molecule has 0 radical (unpaired) electrons. The van der Waals surface area contributed by atoms with Crippen LogP contribution in [0.1, 0.15) is 0 Å². The minimum Gasteiger partial charge on any atom is -0.328 e. The molecule has 3 heterocycles. The first-order valence-corrected chi connectivity index (χ1v) is 11.5. The van der Waals surface area contributed by atoms with E-state index in [1.54, 1.807) is 38.6 Å². The zero-order valence-electron chi connectivity index (χ0n) is 18.9. The van der Waals surface area contributed by atoms with Crippen molar-refractivity contribution in [2.24, 2.45) is 27.0 Å². The summed E-state index contributed by atoms with van der Waals surface area (Å²) in [5.41, 5.74) is -0.247. The topological polar surface area (TPSA) is 177 Å². The molecule has 0 spiro atoms. The van der Waals surface area contributed by atoms with Crippen molar-refractivity contribution >= 4 is 72.5 Å². The maximum atomic E-state index is 11.8. The molecule has 0 aliphatic heterocycles. The summed E-state index contributed by atoms with van der Waals surface area (Å²) in [4.78, 5) is 48.4. The molecule has 0 aromatic carbocycles. The Kier molecular flexibility index (Phi) is 9.52. The van der Waals surface area contributed by atoms with Crippen molar-refractivity contribution in [3.8, 4) is 0 Å². The van der Waals surface area contributed by atoms with E-state index in [-0.39, 0.29) is 33.6 Å². The minimum absolute atomic E-state index is 0.00694. The second-order valence-electron chi connectivity index (χ2n) is 7.00. The smallest absolute Gasteiger partial charge is 0.328 e. The zero-order chi connectivity index (χ0) is 26.4. The Labute approximate surface area is 220 Å². The molecule has 0 aliphatic rings. The summed E-state index contributed by atoms with van der Waals surface area (Å²) < 4.78 is 5.40. The van der Waals surface area contributed by atoms with Gasteiger partial charge in [-0.1, -0.05) is 0 Å². The van der Waals surface area contributed by atoms with Gasteiger partial charge >= 0.3 is 11.7 Å². The van der Waals surface area contributed by atoms with Crippen LogP contribution in [0.25, 0.3) is 0 Å². The van der Waals surface area contributed by atoms with Crippen molar-refractivity contribution < 1.29 is 4.79 Å². The summed E-state index contributed by atoms with van der Waals surface area (Å²) in [6, 6.07) is 2.60. The Morgan fingerprint density at radius 1 is 1.06 bits per heavy atom. The number of carbonyl (C=O) groups is 1. The van der Waals surface area contributed by atoms with Crippen LogP contribution in [0.4, 0.5) is 22.1 Å². The molecular weight excluding hydrogens is 612 g/mol. The third-order valence-corrected chi connectivity index (χ3v) is 5.18. The van der Waals surface area contributed by atoms with Gasteiger partial charge in [-0.05, 0) is 56.2 Å². The number of thiocarbonyl (C=S) groups is 1. The van der Waals surface area contributed by atoms with E-state index in [1.807, 2.05) is 0 Å². The average Bonchev–Trinajstić information content (AvgIpc) is 3.06. The number of urea groups is 1. The fraction of sp³-hybridized carbons (Fsp3) is 0.222. The van der Waals surface area contributed by atoms with E-state index in [1.165, 1.54) is 23.2 Å². The van der Waals surface area contributed by atoms with E-state index < -0.39 is 6.03 Å². The third-order valence-electron chi connectivity index (χ3n) is 4.11. The van der Waals surface area contributed by atoms with Crippen molar-refractivity contribution in [3.05, 3.63) is 64.7 Å². The van der Waals surface area contributed by atoms with Crippen molar-refractivity contribution in [1.82, 2.24) is 34.2 Å². The maximum Gasteiger partial charge on any atom is 0.344 e. The number of anilines is 3. The second-order valence-corrected chi connectivity index (χ2v) is 9.24. The van der Waals surface area contributed by atoms with Crippen molar-refractivity contribution in [2.75, 3.05) is 17.7 Å². The molecule has 188 valence electrons. The van der Waals surface area contributed by atoms with Crippen molar-refractivity contribution in [3.63, 3.8) is 0 Å². The van der Waals surface area contributed by atoms with Crippen LogP contribution in [0.5, 0.6) is 0 Å². The highest BCUT2D eigenvalue weighted by Crippen LogP contribution is 2.13. The number of hydrazine groups is 1. The van der Waals surface area contributed by atoms with E-state index >= 15 is 0 Å².